The maximum Gasteiger partial charge on any atom is 0.223 e. The van der Waals surface area contributed by atoms with Crippen molar-refractivity contribution in [2.24, 2.45) is 10.9 Å². The second kappa shape index (κ2) is 12.9. The number of aliphatic imine (C=N–C) groups is 1. The first kappa shape index (κ1) is 26.4. The van der Waals surface area contributed by atoms with Gasteiger partial charge in [0.25, 0.3) is 0 Å². The second-order valence-electron chi connectivity index (χ2n) is 7.42. The van der Waals surface area contributed by atoms with E-state index >= 15 is 0 Å². The Kier molecular flexibility index (Phi) is 11.7. The van der Waals surface area contributed by atoms with E-state index in [1.54, 1.807) is 0 Å². The fourth-order valence-electron chi connectivity index (χ4n) is 2.95. The van der Waals surface area contributed by atoms with Crippen molar-refractivity contribution in [1.82, 2.24) is 19.8 Å². The van der Waals surface area contributed by atoms with Gasteiger partial charge in [0.15, 0.2) is 5.96 Å². The SMILES string of the molecule is CCNC(=NCCNC(=O)C1CC1)N1CCN(S(=O)(=O)CCOC(C)C)CC1.I. The fourth-order valence-corrected chi connectivity index (χ4v) is 4.24. The molecule has 2 fully saturated rings. The maximum absolute atomic E-state index is 12.4. The minimum absolute atomic E-state index is 0. The van der Waals surface area contributed by atoms with Gasteiger partial charge in [-0.05, 0) is 33.6 Å². The Bertz CT molecular complexity index is 632. The number of ether oxygens (including phenoxy) is 1. The van der Waals surface area contributed by atoms with Crippen molar-refractivity contribution in [2.45, 2.75) is 39.7 Å². The Morgan fingerprint density at radius 1 is 1.17 bits per heavy atom. The number of hydrogen-bond donors (Lipinski definition) is 2. The lowest BCUT2D eigenvalue weighted by molar-refractivity contribution is -0.122. The van der Waals surface area contributed by atoms with E-state index in [-0.39, 0.29) is 54.3 Å². The van der Waals surface area contributed by atoms with Gasteiger partial charge in [-0.2, -0.15) is 4.31 Å². The first-order valence-corrected chi connectivity index (χ1v) is 11.8. The first-order valence-electron chi connectivity index (χ1n) is 10.2. The number of nitrogens with one attached hydrogen (secondary N) is 2. The van der Waals surface area contributed by atoms with Crippen LogP contribution in [0.1, 0.15) is 33.6 Å². The van der Waals surface area contributed by atoms with Crippen LogP contribution in [0.3, 0.4) is 0 Å². The third-order valence-corrected chi connectivity index (χ3v) is 6.51. The highest BCUT2D eigenvalue weighted by atomic mass is 127. The molecule has 1 amide bonds. The fraction of sp³-hybridized carbons (Fsp3) is 0.889. The van der Waals surface area contributed by atoms with E-state index in [9.17, 15) is 13.2 Å². The second-order valence-corrected chi connectivity index (χ2v) is 9.51. The normalized spacial score (nSPS) is 18.5. The summed E-state index contributed by atoms with van der Waals surface area (Å²) in [5.41, 5.74) is 0. The van der Waals surface area contributed by atoms with Crippen LogP contribution in [0.5, 0.6) is 0 Å². The van der Waals surface area contributed by atoms with Crippen molar-refractivity contribution in [3.63, 3.8) is 0 Å². The quantitative estimate of drug-likeness (QED) is 0.179. The van der Waals surface area contributed by atoms with Crippen LogP contribution in [0.2, 0.25) is 0 Å². The molecule has 9 nitrogen and oxygen atoms in total. The molecule has 1 heterocycles. The topological polar surface area (TPSA) is 103 Å². The molecule has 0 aromatic rings. The predicted octanol–water partition coefficient (Wildman–Crippen LogP) is 0.469. The van der Waals surface area contributed by atoms with E-state index in [1.165, 1.54) is 4.31 Å². The van der Waals surface area contributed by atoms with Gasteiger partial charge >= 0.3 is 0 Å². The van der Waals surface area contributed by atoms with Crippen molar-refractivity contribution in [3.05, 3.63) is 0 Å². The lowest BCUT2D eigenvalue weighted by atomic mass is 10.4. The lowest BCUT2D eigenvalue weighted by Crippen LogP contribution is -2.54. The molecule has 1 aliphatic heterocycles. The molecule has 1 saturated carbocycles. The number of hydrogen-bond acceptors (Lipinski definition) is 5. The summed E-state index contributed by atoms with van der Waals surface area (Å²) < 4.78 is 31.8. The van der Waals surface area contributed by atoms with Gasteiger partial charge in [-0.25, -0.2) is 8.42 Å². The molecule has 0 aromatic carbocycles. The minimum Gasteiger partial charge on any atom is -0.378 e. The average Bonchev–Trinajstić information content (AvgIpc) is 3.49. The van der Waals surface area contributed by atoms with Crippen molar-refractivity contribution in [1.29, 1.82) is 0 Å². The van der Waals surface area contributed by atoms with E-state index in [0.29, 0.717) is 39.3 Å². The zero-order valence-electron chi connectivity index (χ0n) is 17.7. The summed E-state index contributed by atoms with van der Waals surface area (Å²) in [6.45, 7) is 9.82. The lowest BCUT2D eigenvalue weighted by Gasteiger charge is -2.36. The third-order valence-electron chi connectivity index (χ3n) is 4.68. The van der Waals surface area contributed by atoms with Crippen LogP contribution in [0.4, 0.5) is 0 Å². The number of rotatable bonds is 10. The number of sulfonamides is 1. The Balaban J connectivity index is 0.00000420. The monoisotopic (exact) mass is 545 g/mol. The summed E-state index contributed by atoms with van der Waals surface area (Å²) in [5.74, 6) is 1.11. The summed E-state index contributed by atoms with van der Waals surface area (Å²) >= 11 is 0. The molecule has 170 valence electrons. The van der Waals surface area contributed by atoms with Crippen LogP contribution in [-0.2, 0) is 19.6 Å². The molecule has 0 radical (unpaired) electrons. The summed E-state index contributed by atoms with van der Waals surface area (Å²) in [5, 5.41) is 6.16. The van der Waals surface area contributed by atoms with Gasteiger partial charge in [0.05, 0.1) is 25.0 Å². The van der Waals surface area contributed by atoms with Gasteiger partial charge < -0.3 is 20.3 Å². The largest absolute Gasteiger partial charge is 0.378 e. The summed E-state index contributed by atoms with van der Waals surface area (Å²) in [7, 11) is -3.30. The number of carbonyl (C=O) groups excluding carboxylic acids is 1. The van der Waals surface area contributed by atoms with E-state index in [4.69, 9.17) is 4.74 Å². The van der Waals surface area contributed by atoms with Crippen LogP contribution in [0.25, 0.3) is 0 Å². The van der Waals surface area contributed by atoms with Crippen molar-refractivity contribution in [3.8, 4) is 0 Å². The smallest absolute Gasteiger partial charge is 0.223 e. The molecular weight excluding hydrogens is 509 g/mol. The van der Waals surface area contributed by atoms with E-state index < -0.39 is 10.0 Å². The predicted molar refractivity (Wildman–Crippen MR) is 125 cm³/mol. The summed E-state index contributed by atoms with van der Waals surface area (Å²) in [6, 6.07) is 0. The zero-order chi connectivity index (χ0) is 20.6. The molecule has 0 bridgehead atoms. The molecular formula is C18H36IN5O4S. The number of halogens is 1. The van der Waals surface area contributed by atoms with Gasteiger partial charge in [0, 0.05) is 45.2 Å². The molecule has 2 aliphatic rings. The van der Waals surface area contributed by atoms with Crippen LogP contribution in [-0.4, -0.2) is 93.8 Å². The molecule has 29 heavy (non-hydrogen) atoms. The van der Waals surface area contributed by atoms with E-state index in [1.807, 2.05) is 20.8 Å². The highest BCUT2D eigenvalue weighted by Gasteiger charge is 2.29. The molecule has 0 spiro atoms. The Morgan fingerprint density at radius 3 is 2.38 bits per heavy atom. The van der Waals surface area contributed by atoms with E-state index in [2.05, 4.69) is 20.5 Å². The number of amides is 1. The molecule has 2 rings (SSSR count). The Hall–Kier alpha value is -0.660. The third kappa shape index (κ3) is 9.35. The average molecular weight is 545 g/mol. The summed E-state index contributed by atoms with van der Waals surface area (Å²) in [4.78, 5) is 18.3. The maximum atomic E-state index is 12.4. The number of piperazine rings is 1. The van der Waals surface area contributed by atoms with Crippen molar-refractivity contribution in [2.75, 3.05) is 58.2 Å². The molecule has 0 unspecified atom stereocenters. The minimum atomic E-state index is -3.30. The Morgan fingerprint density at radius 2 is 1.83 bits per heavy atom. The summed E-state index contributed by atoms with van der Waals surface area (Å²) in [6.07, 6.45) is 2.02. The van der Waals surface area contributed by atoms with Gasteiger partial charge in [-0.3, -0.25) is 9.79 Å². The molecule has 1 saturated heterocycles. The van der Waals surface area contributed by atoms with Crippen LogP contribution >= 0.6 is 24.0 Å². The van der Waals surface area contributed by atoms with E-state index in [0.717, 1.165) is 25.3 Å². The zero-order valence-corrected chi connectivity index (χ0v) is 20.9. The highest BCUT2D eigenvalue weighted by Crippen LogP contribution is 2.28. The highest BCUT2D eigenvalue weighted by molar-refractivity contribution is 14.0. The van der Waals surface area contributed by atoms with Gasteiger partial charge in [0.2, 0.25) is 15.9 Å². The molecule has 0 atom stereocenters. The number of guanidine groups is 1. The van der Waals surface area contributed by atoms with Crippen LogP contribution < -0.4 is 10.6 Å². The number of nitrogens with zero attached hydrogens (tertiary/aromatic N) is 3. The van der Waals surface area contributed by atoms with Gasteiger partial charge in [0.1, 0.15) is 0 Å². The number of carbonyl (C=O) groups is 1. The molecule has 11 heteroatoms. The van der Waals surface area contributed by atoms with Gasteiger partial charge in [-0.15, -0.1) is 24.0 Å². The van der Waals surface area contributed by atoms with Gasteiger partial charge in [-0.1, -0.05) is 0 Å². The van der Waals surface area contributed by atoms with Crippen LogP contribution in [0.15, 0.2) is 4.99 Å². The van der Waals surface area contributed by atoms with Crippen LogP contribution in [0, 0.1) is 5.92 Å². The molecule has 1 aliphatic carbocycles. The molecule has 0 aromatic heterocycles. The Labute approximate surface area is 192 Å². The molecule has 2 N–H and O–H groups in total. The van der Waals surface area contributed by atoms with Crippen molar-refractivity contribution >= 4 is 45.9 Å². The first-order chi connectivity index (χ1) is 13.3. The van der Waals surface area contributed by atoms with Crippen molar-refractivity contribution < 1.29 is 17.9 Å². The standard InChI is InChI=1S/C18H35N5O4S.HI/c1-4-19-18(21-8-7-20-17(24)16-5-6-16)22-9-11-23(12-10-22)28(25,26)14-13-27-15(2)3;/h15-16H,4-14H2,1-3H3,(H,19,21)(H,20,24);1H.